The molecule has 0 aliphatic carbocycles. The van der Waals surface area contributed by atoms with E-state index in [9.17, 15) is 9.59 Å². The third kappa shape index (κ3) is 2.86. The Bertz CT molecular complexity index is 467. The van der Waals surface area contributed by atoms with Crippen LogP contribution in [-0.4, -0.2) is 44.5 Å². The van der Waals surface area contributed by atoms with Crippen molar-refractivity contribution in [1.29, 1.82) is 0 Å². The summed E-state index contributed by atoms with van der Waals surface area (Å²) < 4.78 is 1.56. The molecule has 0 spiro atoms. The molecule has 18 heavy (non-hydrogen) atoms. The van der Waals surface area contributed by atoms with Crippen molar-refractivity contribution >= 4 is 11.9 Å². The summed E-state index contributed by atoms with van der Waals surface area (Å²) in [6.45, 7) is 3.11. The number of hydrogen-bond acceptors (Lipinski definition) is 4. The van der Waals surface area contributed by atoms with Crippen LogP contribution in [0.25, 0.3) is 0 Å². The van der Waals surface area contributed by atoms with Crippen LogP contribution in [0.4, 0.5) is 0 Å². The number of rotatable bonds is 5. The summed E-state index contributed by atoms with van der Waals surface area (Å²) in [6.07, 6.45) is -0.0283. The van der Waals surface area contributed by atoms with Gasteiger partial charge in [0.1, 0.15) is 6.04 Å². The van der Waals surface area contributed by atoms with E-state index in [2.05, 4.69) is 10.4 Å². The third-order valence-corrected chi connectivity index (χ3v) is 2.76. The highest BCUT2D eigenvalue weighted by molar-refractivity contribution is 5.98. The normalized spacial score (nSPS) is 12.2. The van der Waals surface area contributed by atoms with Crippen molar-refractivity contribution in [2.24, 2.45) is 7.05 Å². The summed E-state index contributed by atoms with van der Waals surface area (Å²) in [5, 5.41) is 24.1. The Labute approximate surface area is 104 Å². The Morgan fingerprint density at radius 1 is 1.44 bits per heavy atom. The predicted molar refractivity (Wildman–Crippen MR) is 63.3 cm³/mol. The maximum atomic E-state index is 12.0. The van der Waals surface area contributed by atoms with Crippen molar-refractivity contribution in [3.05, 3.63) is 17.0 Å². The minimum absolute atomic E-state index is 0.0283. The van der Waals surface area contributed by atoms with Crippen molar-refractivity contribution < 1.29 is 19.8 Å². The number of aromatic nitrogens is 2. The lowest BCUT2D eigenvalue weighted by molar-refractivity contribution is -0.139. The number of nitrogens with one attached hydrogen (secondary N) is 1. The lowest BCUT2D eigenvalue weighted by Gasteiger charge is -2.13. The van der Waals surface area contributed by atoms with Gasteiger partial charge in [0.25, 0.3) is 5.91 Å². The maximum Gasteiger partial charge on any atom is 0.326 e. The molecule has 0 aromatic carbocycles. The summed E-state index contributed by atoms with van der Waals surface area (Å²) in [6, 6.07) is -1.10. The van der Waals surface area contributed by atoms with E-state index in [4.69, 9.17) is 10.2 Å². The number of nitrogens with zero attached hydrogens (tertiary/aromatic N) is 2. The van der Waals surface area contributed by atoms with Crippen LogP contribution >= 0.6 is 0 Å². The van der Waals surface area contributed by atoms with E-state index >= 15 is 0 Å². The molecule has 1 aromatic heterocycles. The molecule has 1 atom stereocenters. The van der Waals surface area contributed by atoms with Crippen LogP contribution in [0.5, 0.6) is 0 Å². The van der Waals surface area contributed by atoms with Crippen molar-refractivity contribution in [1.82, 2.24) is 15.1 Å². The molecule has 1 amide bonds. The van der Waals surface area contributed by atoms with Gasteiger partial charge in [-0.05, 0) is 13.8 Å². The number of aliphatic hydroxyl groups is 1. The first-order chi connectivity index (χ1) is 8.38. The van der Waals surface area contributed by atoms with Gasteiger partial charge in [0, 0.05) is 25.8 Å². The standard InChI is InChI=1S/C11H17N3O4/c1-6-9(7(2)14(3)13-6)10(16)12-8(4-5-15)11(17)18/h8,15H,4-5H2,1-3H3,(H,12,16)(H,17,18). The maximum absolute atomic E-state index is 12.0. The van der Waals surface area contributed by atoms with Gasteiger partial charge in [-0.2, -0.15) is 5.10 Å². The fraction of sp³-hybridized carbons (Fsp3) is 0.545. The van der Waals surface area contributed by atoms with Gasteiger partial charge in [-0.1, -0.05) is 0 Å². The molecule has 100 valence electrons. The number of hydrogen-bond donors (Lipinski definition) is 3. The summed E-state index contributed by atoms with van der Waals surface area (Å²) in [5.41, 5.74) is 1.58. The second-order valence-electron chi connectivity index (χ2n) is 4.05. The molecule has 1 aromatic rings. The second-order valence-corrected chi connectivity index (χ2v) is 4.05. The second kappa shape index (κ2) is 5.63. The van der Waals surface area contributed by atoms with Gasteiger partial charge in [-0.15, -0.1) is 0 Å². The van der Waals surface area contributed by atoms with Gasteiger partial charge < -0.3 is 15.5 Å². The lowest BCUT2D eigenvalue weighted by atomic mass is 10.1. The number of carbonyl (C=O) groups is 2. The van der Waals surface area contributed by atoms with Gasteiger partial charge in [0.15, 0.2) is 0 Å². The Kier molecular flexibility index (Phi) is 4.43. The van der Waals surface area contributed by atoms with E-state index in [-0.39, 0.29) is 13.0 Å². The Balaban J connectivity index is 2.90. The molecule has 0 radical (unpaired) electrons. The van der Waals surface area contributed by atoms with E-state index in [0.29, 0.717) is 17.0 Å². The highest BCUT2D eigenvalue weighted by atomic mass is 16.4. The van der Waals surface area contributed by atoms with Crippen molar-refractivity contribution in [2.45, 2.75) is 26.3 Å². The van der Waals surface area contributed by atoms with E-state index in [0.717, 1.165) is 0 Å². The van der Waals surface area contributed by atoms with Crippen LogP contribution in [-0.2, 0) is 11.8 Å². The van der Waals surface area contributed by atoms with Gasteiger partial charge in [0.2, 0.25) is 0 Å². The molecule has 0 fully saturated rings. The summed E-state index contributed by atoms with van der Waals surface area (Å²) in [4.78, 5) is 22.9. The molecule has 0 aliphatic heterocycles. The fourth-order valence-electron chi connectivity index (χ4n) is 1.72. The van der Waals surface area contributed by atoms with Gasteiger partial charge >= 0.3 is 5.97 Å². The zero-order valence-electron chi connectivity index (χ0n) is 10.6. The SMILES string of the molecule is Cc1nn(C)c(C)c1C(=O)NC(CCO)C(=O)O. The highest BCUT2D eigenvalue weighted by Crippen LogP contribution is 2.12. The number of aliphatic hydroxyl groups excluding tert-OH is 1. The van der Waals surface area contributed by atoms with Crippen molar-refractivity contribution in [3.8, 4) is 0 Å². The number of aryl methyl sites for hydroxylation is 2. The zero-order chi connectivity index (χ0) is 13.9. The average molecular weight is 255 g/mol. The van der Waals surface area contributed by atoms with Crippen LogP contribution in [0.2, 0.25) is 0 Å². The number of carboxylic acids is 1. The largest absolute Gasteiger partial charge is 0.480 e. The molecule has 0 aliphatic rings. The molecular weight excluding hydrogens is 238 g/mol. The van der Waals surface area contributed by atoms with Crippen molar-refractivity contribution in [3.63, 3.8) is 0 Å². The first kappa shape index (κ1) is 14.2. The quantitative estimate of drug-likeness (QED) is 0.664. The van der Waals surface area contributed by atoms with Gasteiger partial charge in [0.05, 0.1) is 11.3 Å². The smallest absolute Gasteiger partial charge is 0.326 e. The Morgan fingerprint density at radius 3 is 2.44 bits per heavy atom. The molecule has 1 rings (SSSR count). The number of carbonyl (C=O) groups excluding carboxylic acids is 1. The monoisotopic (exact) mass is 255 g/mol. The summed E-state index contributed by atoms with van der Waals surface area (Å²) in [7, 11) is 1.71. The molecule has 0 bridgehead atoms. The first-order valence-electron chi connectivity index (χ1n) is 5.53. The molecule has 0 saturated carbocycles. The fourth-order valence-corrected chi connectivity index (χ4v) is 1.72. The van der Waals surface area contributed by atoms with Gasteiger partial charge in [-0.25, -0.2) is 4.79 Å². The zero-order valence-corrected chi connectivity index (χ0v) is 10.6. The lowest BCUT2D eigenvalue weighted by Crippen LogP contribution is -2.41. The van der Waals surface area contributed by atoms with E-state index in [1.807, 2.05) is 0 Å². The van der Waals surface area contributed by atoms with Crippen LogP contribution < -0.4 is 5.32 Å². The van der Waals surface area contributed by atoms with Crippen LogP contribution in [0, 0.1) is 13.8 Å². The van der Waals surface area contributed by atoms with Crippen molar-refractivity contribution in [2.75, 3.05) is 6.61 Å². The average Bonchev–Trinajstić information content (AvgIpc) is 2.52. The minimum atomic E-state index is -1.17. The van der Waals surface area contributed by atoms with Crippen LogP contribution in [0.3, 0.4) is 0 Å². The Morgan fingerprint density at radius 2 is 2.06 bits per heavy atom. The van der Waals surface area contributed by atoms with E-state index in [1.165, 1.54) is 0 Å². The van der Waals surface area contributed by atoms with E-state index < -0.39 is 17.9 Å². The predicted octanol–water partition coefficient (Wildman–Crippen LogP) is -0.398. The Hall–Kier alpha value is -1.89. The summed E-state index contributed by atoms with van der Waals surface area (Å²) >= 11 is 0. The molecule has 0 saturated heterocycles. The molecule has 7 heteroatoms. The molecule has 1 heterocycles. The third-order valence-electron chi connectivity index (χ3n) is 2.76. The van der Waals surface area contributed by atoms with Crippen LogP contribution in [0.1, 0.15) is 28.2 Å². The van der Waals surface area contributed by atoms with Gasteiger partial charge in [-0.3, -0.25) is 9.48 Å². The molecule has 1 unspecified atom stereocenters. The molecular formula is C11H17N3O4. The highest BCUT2D eigenvalue weighted by Gasteiger charge is 2.23. The number of aliphatic carboxylic acids is 1. The molecule has 7 nitrogen and oxygen atoms in total. The molecule has 3 N–H and O–H groups in total. The number of amides is 1. The van der Waals surface area contributed by atoms with E-state index in [1.54, 1.807) is 25.6 Å². The first-order valence-corrected chi connectivity index (χ1v) is 5.53. The topological polar surface area (TPSA) is 104 Å². The minimum Gasteiger partial charge on any atom is -0.480 e. The summed E-state index contributed by atoms with van der Waals surface area (Å²) in [5.74, 6) is -1.66. The van der Waals surface area contributed by atoms with Crippen LogP contribution in [0.15, 0.2) is 0 Å². The number of carboxylic acid groups (broad SMARTS) is 1.